The summed E-state index contributed by atoms with van der Waals surface area (Å²) < 4.78 is 2.59. The van der Waals surface area contributed by atoms with Crippen LogP contribution in [0.2, 0.25) is 0 Å². The molecule has 3 N–H and O–H groups in total. The van der Waals surface area contributed by atoms with E-state index in [0.29, 0.717) is 5.56 Å². The Morgan fingerprint density at radius 3 is 2.81 bits per heavy atom. The number of benzene rings is 1. The molecule has 2 aromatic rings. The van der Waals surface area contributed by atoms with Crippen molar-refractivity contribution in [3.63, 3.8) is 0 Å². The van der Waals surface area contributed by atoms with Gasteiger partial charge in [0.15, 0.2) is 0 Å². The topological polar surface area (TPSA) is 67.7 Å². The lowest BCUT2D eigenvalue weighted by atomic mass is 10.1. The van der Waals surface area contributed by atoms with Crippen molar-refractivity contribution >= 4 is 21.8 Å². The third kappa shape index (κ3) is 1.99. The third-order valence-corrected chi connectivity index (χ3v) is 2.65. The van der Waals surface area contributed by atoms with Crippen LogP contribution in [0.5, 0.6) is 0 Å². The molecule has 0 amide bonds. The van der Waals surface area contributed by atoms with Gasteiger partial charge in [-0.2, -0.15) is 5.10 Å². The Balaban J connectivity index is 2.62. The van der Waals surface area contributed by atoms with Crippen LogP contribution in [-0.4, -0.2) is 15.6 Å². The number of nitrogens with zero attached hydrogens (tertiary/aromatic N) is 2. The maximum absolute atomic E-state index is 7.53. The number of hydrogen-bond donors (Lipinski definition) is 2. The first-order valence-electron chi connectivity index (χ1n) is 4.73. The number of nitrogens with one attached hydrogen (secondary N) is 1. The second-order valence-electron chi connectivity index (χ2n) is 3.54. The van der Waals surface area contributed by atoms with Crippen molar-refractivity contribution < 1.29 is 0 Å². The minimum absolute atomic E-state index is 0.0432. The summed E-state index contributed by atoms with van der Waals surface area (Å²) in [6, 6.07) is 5.72. The molecule has 0 aliphatic carbocycles. The van der Waals surface area contributed by atoms with E-state index in [1.54, 1.807) is 10.9 Å². The molecule has 0 aliphatic rings. The Morgan fingerprint density at radius 2 is 2.25 bits per heavy atom. The number of aryl methyl sites for hydroxylation is 1. The normalized spacial score (nSPS) is 10.4. The number of aromatic nitrogens is 2. The van der Waals surface area contributed by atoms with Gasteiger partial charge < -0.3 is 5.73 Å². The summed E-state index contributed by atoms with van der Waals surface area (Å²) in [5, 5.41) is 11.7. The summed E-state index contributed by atoms with van der Waals surface area (Å²) in [6.45, 7) is 1.99. The molecule has 2 rings (SSSR count). The lowest BCUT2D eigenvalue weighted by Gasteiger charge is -2.09. The molecular formula is C11H11BrN4. The summed E-state index contributed by atoms with van der Waals surface area (Å²) >= 11 is 3.34. The molecule has 1 heterocycles. The first-order valence-corrected chi connectivity index (χ1v) is 5.53. The van der Waals surface area contributed by atoms with Gasteiger partial charge in [-0.05, 0) is 40.5 Å². The smallest absolute Gasteiger partial charge is 0.124 e. The van der Waals surface area contributed by atoms with E-state index < -0.39 is 0 Å². The van der Waals surface area contributed by atoms with Crippen LogP contribution in [0.15, 0.2) is 35.1 Å². The molecule has 0 unspecified atom stereocenters. The van der Waals surface area contributed by atoms with Gasteiger partial charge in [0.05, 0.1) is 16.4 Å². The zero-order valence-corrected chi connectivity index (χ0v) is 10.3. The van der Waals surface area contributed by atoms with Gasteiger partial charge in [-0.25, -0.2) is 4.68 Å². The number of hydrogen-bond acceptors (Lipinski definition) is 2. The summed E-state index contributed by atoms with van der Waals surface area (Å²) in [5.74, 6) is 0.0432. The Bertz CT molecular complexity index is 545. The maximum atomic E-state index is 7.53. The SMILES string of the molecule is Cc1ccc(C(=N)N)c(-n2cc(Br)cn2)c1. The predicted molar refractivity (Wildman–Crippen MR) is 67.0 cm³/mol. The molecular weight excluding hydrogens is 268 g/mol. The van der Waals surface area contributed by atoms with Gasteiger partial charge in [-0.15, -0.1) is 0 Å². The molecule has 0 atom stereocenters. The zero-order chi connectivity index (χ0) is 11.7. The predicted octanol–water partition coefficient (Wildman–Crippen LogP) is 2.23. The molecule has 0 saturated heterocycles. The van der Waals surface area contributed by atoms with E-state index in [0.717, 1.165) is 15.7 Å². The number of nitrogens with two attached hydrogens (primary N) is 1. The van der Waals surface area contributed by atoms with E-state index in [-0.39, 0.29) is 5.84 Å². The van der Waals surface area contributed by atoms with Crippen LogP contribution in [-0.2, 0) is 0 Å². The van der Waals surface area contributed by atoms with Crippen LogP contribution in [0.3, 0.4) is 0 Å². The second-order valence-corrected chi connectivity index (χ2v) is 4.45. The van der Waals surface area contributed by atoms with Crippen LogP contribution in [0.4, 0.5) is 0 Å². The standard InChI is InChI=1S/C11H11BrN4/c1-7-2-3-9(11(13)14)10(4-7)16-6-8(12)5-15-16/h2-6H,1H3,(H3,13,14). The van der Waals surface area contributed by atoms with Crippen molar-refractivity contribution in [1.82, 2.24) is 9.78 Å². The fourth-order valence-corrected chi connectivity index (χ4v) is 1.78. The Morgan fingerprint density at radius 1 is 1.50 bits per heavy atom. The van der Waals surface area contributed by atoms with Crippen LogP contribution in [0.25, 0.3) is 5.69 Å². The average Bonchev–Trinajstić information content (AvgIpc) is 2.64. The van der Waals surface area contributed by atoms with Crippen LogP contribution in [0.1, 0.15) is 11.1 Å². The summed E-state index contributed by atoms with van der Waals surface area (Å²) in [7, 11) is 0. The van der Waals surface area contributed by atoms with Crippen LogP contribution < -0.4 is 5.73 Å². The van der Waals surface area contributed by atoms with Gasteiger partial charge in [0.2, 0.25) is 0 Å². The first kappa shape index (κ1) is 10.9. The number of nitrogen functional groups attached to an aromatic ring is 1. The molecule has 0 fully saturated rings. The van der Waals surface area contributed by atoms with E-state index in [9.17, 15) is 0 Å². The lowest BCUT2D eigenvalue weighted by Crippen LogP contribution is -2.15. The molecule has 4 nitrogen and oxygen atoms in total. The van der Waals surface area contributed by atoms with Gasteiger partial charge in [0, 0.05) is 11.8 Å². The van der Waals surface area contributed by atoms with Crippen molar-refractivity contribution in [2.45, 2.75) is 6.92 Å². The van der Waals surface area contributed by atoms with Gasteiger partial charge in [0.1, 0.15) is 5.84 Å². The molecule has 1 aromatic heterocycles. The quantitative estimate of drug-likeness (QED) is 0.653. The summed E-state index contributed by atoms with van der Waals surface area (Å²) in [5.41, 5.74) is 8.14. The van der Waals surface area contributed by atoms with Gasteiger partial charge in [-0.3, -0.25) is 5.41 Å². The van der Waals surface area contributed by atoms with E-state index in [2.05, 4.69) is 21.0 Å². The third-order valence-electron chi connectivity index (χ3n) is 2.24. The number of rotatable bonds is 2. The van der Waals surface area contributed by atoms with Crippen molar-refractivity contribution in [1.29, 1.82) is 5.41 Å². The van der Waals surface area contributed by atoms with Crippen molar-refractivity contribution in [2.24, 2.45) is 5.73 Å². The molecule has 0 aliphatic heterocycles. The highest BCUT2D eigenvalue weighted by molar-refractivity contribution is 9.10. The first-order chi connectivity index (χ1) is 7.58. The monoisotopic (exact) mass is 278 g/mol. The maximum Gasteiger partial charge on any atom is 0.124 e. The molecule has 0 radical (unpaired) electrons. The second kappa shape index (κ2) is 4.09. The summed E-state index contributed by atoms with van der Waals surface area (Å²) in [6.07, 6.45) is 3.54. The highest BCUT2D eigenvalue weighted by atomic mass is 79.9. The van der Waals surface area contributed by atoms with E-state index >= 15 is 0 Å². The summed E-state index contributed by atoms with van der Waals surface area (Å²) in [4.78, 5) is 0. The molecule has 5 heteroatoms. The molecule has 1 aromatic carbocycles. The van der Waals surface area contributed by atoms with E-state index in [1.807, 2.05) is 31.3 Å². The minimum Gasteiger partial charge on any atom is -0.384 e. The highest BCUT2D eigenvalue weighted by Gasteiger charge is 2.08. The number of halogens is 1. The fourth-order valence-electron chi connectivity index (χ4n) is 1.49. The number of amidine groups is 1. The minimum atomic E-state index is 0.0432. The van der Waals surface area contributed by atoms with Crippen molar-refractivity contribution in [2.75, 3.05) is 0 Å². The van der Waals surface area contributed by atoms with Crippen molar-refractivity contribution in [3.8, 4) is 5.69 Å². The molecule has 82 valence electrons. The molecule has 0 saturated carbocycles. The van der Waals surface area contributed by atoms with Gasteiger partial charge in [0.25, 0.3) is 0 Å². The van der Waals surface area contributed by atoms with Crippen LogP contribution >= 0.6 is 15.9 Å². The van der Waals surface area contributed by atoms with Crippen LogP contribution in [0, 0.1) is 12.3 Å². The molecule has 16 heavy (non-hydrogen) atoms. The Hall–Kier alpha value is -1.62. The Labute approximate surface area is 102 Å². The lowest BCUT2D eigenvalue weighted by molar-refractivity contribution is 0.876. The molecule has 0 bridgehead atoms. The van der Waals surface area contributed by atoms with Gasteiger partial charge in [-0.1, -0.05) is 6.07 Å². The van der Waals surface area contributed by atoms with E-state index in [4.69, 9.17) is 11.1 Å². The largest absolute Gasteiger partial charge is 0.384 e. The zero-order valence-electron chi connectivity index (χ0n) is 8.74. The Kier molecular flexibility index (Phi) is 2.78. The fraction of sp³-hybridized carbons (Fsp3) is 0.0909. The van der Waals surface area contributed by atoms with Gasteiger partial charge >= 0.3 is 0 Å². The van der Waals surface area contributed by atoms with E-state index in [1.165, 1.54) is 0 Å². The average molecular weight is 279 g/mol. The molecule has 0 spiro atoms. The highest BCUT2D eigenvalue weighted by Crippen LogP contribution is 2.18. The van der Waals surface area contributed by atoms with Crippen molar-refractivity contribution in [3.05, 3.63) is 46.2 Å².